The lowest BCUT2D eigenvalue weighted by molar-refractivity contribution is 0.100. The summed E-state index contributed by atoms with van der Waals surface area (Å²) in [5.74, 6) is -0.837. The third-order valence-corrected chi connectivity index (χ3v) is 4.28. The summed E-state index contributed by atoms with van der Waals surface area (Å²) in [6.45, 7) is 3.42. The first-order chi connectivity index (χ1) is 9.93. The second-order valence-electron chi connectivity index (χ2n) is 4.42. The minimum atomic E-state index is -0.647. The molecule has 0 fully saturated rings. The molecule has 1 heterocycles. The predicted molar refractivity (Wildman–Crippen MR) is 83.2 cm³/mol. The zero-order chi connectivity index (χ0) is 16.0. The van der Waals surface area contributed by atoms with Gasteiger partial charge in [0.25, 0.3) is 5.91 Å². The van der Waals surface area contributed by atoms with Gasteiger partial charge in [-0.2, -0.15) is 0 Å². The van der Waals surface area contributed by atoms with E-state index in [0.717, 1.165) is 0 Å². The number of rotatable bonds is 9. The van der Waals surface area contributed by atoms with Crippen molar-refractivity contribution in [3.05, 3.63) is 10.4 Å². The highest BCUT2D eigenvalue weighted by molar-refractivity contribution is 7.19. The molecule has 1 aromatic rings. The van der Waals surface area contributed by atoms with E-state index in [2.05, 4.69) is 0 Å². The van der Waals surface area contributed by atoms with E-state index >= 15 is 0 Å². The maximum absolute atomic E-state index is 11.7. The molecule has 0 aromatic carbocycles. The molecule has 0 bridgehead atoms. The van der Waals surface area contributed by atoms with Crippen molar-refractivity contribution in [2.24, 2.45) is 5.73 Å². The van der Waals surface area contributed by atoms with Crippen LogP contribution >= 0.6 is 11.3 Å². The van der Waals surface area contributed by atoms with E-state index in [4.69, 9.17) is 20.9 Å². The average Bonchev–Trinajstić information content (AvgIpc) is 2.76. The Balaban J connectivity index is 3.24. The maximum Gasteiger partial charge on any atom is 0.253 e. The Kier molecular flexibility index (Phi) is 6.60. The number of nitrogens with zero attached hydrogens (tertiary/aromatic N) is 1. The maximum atomic E-state index is 11.7. The summed E-state index contributed by atoms with van der Waals surface area (Å²) in [5.41, 5.74) is 11.7. The molecule has 8 heteroatoms. The lowest BCUT2D eigenvalue weighted by atomic mass is 10.2. The molecule has 0 radical (unpaired) electrons. The standard InChI is InChI=1S/C13H21N3O4S/c1-8(17)11-10(14)9(12(15)18)13(21-11)16(4-6-19-2)5-7-20-3/h4-7,14H2,1-3H3,(H2,15,18). The predicted octanol–water partition coefficient (Wildman–Crippen LogP) is 0.731. The third-order valence-electron chi connectivity index (χ3n) is 2.91. The number of nitrogens with two attached hydrogens (primary N) is 2. The molecule has 1 amide bonds. The van der Waals surface area contributed by atoms with Crippen LogP contribution in [0.1, 0.15) is 27.0 Å². The summed E-state index contributed by atoms with van der Waals surface area (Å²) < 4.78 is 10.1. The quantitative estimate of drug-likeness (QED) is 0.650. The fraction of sp³-hybridized carbons (Fsp3) is 0.538. The monoisotopic (exact) mass is 315 g/mol. The highest BCUT2D eigenvalue weighted by Crippen LogP contribution is 2.38. The van der Waals surface area contributed by atoms with Crippen LogP contribution in [0.25, 0.3) is 0 Å². The fourth-order valence-corrected chi connectivity index (χ4v) is 3.04. The molecule has 0 aliphatic heterocycles. The van der Waals surface area contributed by atoms with Crippen LogP contribution in [0, 0.1) is 0 Å². The van der Waals surface area contributed by atoms with E-state index < -0.39 is 5.91 Å². The number of nitrogen functional groups attached to an aromatic ring is 1. The smallest absolute Gasteiger partial charge is 0.253 e. The van der Waals surface area contributed by atoms with Crippen LogP contribution in [0.15, 0.2) is 0 Å². The van der Waals surface area contributed by atoms with E-state index in [0.29, 0.717) is 36.2 Å². The number of carbonyl (C=O) groups is 2. The first kappa shape index (κ1) is 17.4. The highest BCUT2D eigenvalue weighted by atomic mass is 32.1. The summed E-state index contributed by atoms with van der Waals surface area (Å²) in [4.78, 5) is 25.5. The van der Waals surface area contributed by atoms with E-state index in [1.54, 1.807) is 14.2 Å². The molecule has 21 heavy (non-hydrogen) atoms. The van der Waals surface area contributed by atoms with Crippen LogP contribution in [0.3, 0.4) is 0 Å². The second kappa shape index (κ2) is 7.96. The van der Waals surface area contributed by atoms with Crippen molar-refractivity contribution in [3.8, 4) is 0 Å². The van der Waals surface area contributed by atoms with Gasteiger partial charge in [-0.25, -0.2) is 0 Å². The van der Waals surface area contributed by atoms with Crippen molar-refractivity contribution in [2.45, 2.75) is 6.92 Å². The average molecular weight is 315 g/mol. The van der Waals surface area contributed by atoms with Crippen molar-refractivity contribution < 1.29 is 19.1 Å². The number of amides is 1. The van der Waals surface area contributed by atoms with Crippen molar-refractivity contribution >= 4 is 33.7 Å². The Morgan fingerprint density at radius 3 is 2.10 bits per heavy atom. The molecule has 0 atom stereocenters. The van der Waals surface area contributed by atoms with Gasteiger partial charge < -0.3 is 25.8 Å². The summed E-state index contributed by atoms with van der Waals surface area (Å²) >= 11 is 1.17. The highest BCUT2D eigenvalue weighted by Gasteiger charge is 2.25. The number of primary amides is 1. The first-order valence-corrected chi connectivity index (χ1v) is 7.21. The normalized spacial score (nSPS) is 10.6. The van der Waals surface area contributed by atoms with Gasteiger partial charge in [0.1, 0.15) is 5.00 Å². The van der Waals surface area contributed by atoms with Gasteiger partial charge in [-0.15, -0.1) is 11.3 Å². The van der Waals surface area contributed by atoms with Crippen LogP contribution in [0.5, 0.6) is 0 Å². The topological polar surface area (TPSA) is 108 Å². The number of ether oxygens (including phenoxy) is 2. The van der Waals surface area contributed by atoms with E-state index in [1.807, 2.05) is 4.90 Å². The molecule has 0 aliphatic rings. The van der Waals surface area contributed by atoms with E-state index in [1.165, 1.54) is 18.3 Å². The zero-order valence-electron chi connectivity index (χ0n) is 12.5. The number of thiophene rings is 1. The lowest BCUT2D eigenvalue weighted by Gasteiger charge is -2.23. The Hall–Kier alpha value is -1.64. The molecule has 7 nitrogen and oxygen atoms in total. The Morgan fingerprint density at radius 2 is 1.71 bits per heavy atom. The third kappa shape index (κ3) is 4.16. The van der Waals surface area contributed by atoms with Gasteiger partial charge in [-0.3, -0.25) is 9.59 Å². The molecular weight excluding hydrogens is 294 g/mol. The van der Waals surface area contributed by atoms with Gasteiger partial charge in [0.2, 0.25) is 0 Å². The number of anilines is 2. The van der Waals surface area contributed by atoms with E-state index in [-0.39, 0.29) is 17.0 Å². The summed E-state index contributed by atoms with van der Waals surface area (Å²) in [7, 11) is 3.18. The number of hydrogen-bond donors (Lipinski definition) is 2. The van der Waals surface area contributed by atoms with E-state index in [9.17, 15) is 9.59 Å². The number of methoxy groups -OCH3 is 2. The molecule has 0 saturated carbocycles. The summed E-state index contributed by atoms with van der Waals surface area (Å²) in [5, 5.41) is 0.583. The number of carbonyl (C=O) groups excluding carboxylic acids is 2. The van der Waals surface area contributed by atoms with Gasteiger partial charge in [0, 0.05) is 34.2 Å². The number of hydrogen-bond acceptors (Lipinski definition) is 7. The summed E-state index contributed by atoms with van der Waals surface area (Å²) in [6.07, 6.45) is 0. The Morgan fingerprint density at radius 1 is 1.19 bits per heavy atom. The zero-order valence-corrected chi connectivity index (χ0v) is 13.3. The van der Waals surface area contributed by atoms with Gasteiger partial charge in [-0.1, -0.05) is 0 Å². The van der Waals surface area contributed by atoms with Crippen molar-refractivity contribution in [1.82, 2.24) is 0 Å². The molecule has 118 valence electrons. The van der Waals surface area contributed by atoms with Gasteiger partial charge in [0.05, 0.1) is 29.3 Å². The molecular formula is C13H21N3O4S. The van der Waals surface area contributed by atoms with Crippen LogP contribution in [0.2, 0.25) is 0 Å². The van der Waals surface area contributed by atoms with Gasteiger partial charge in [0.15, 0.2) is 5.78 Å². The van der Waals surface area contributed by atoms with Crippen molar-refractivity contribution in [1.29, 1.82) is 0 Å². The largest absolute Gasteiger partial charge is 0.397 e. The number of ketones is 1. The molecule has 0 spiro atoms. The van der Waals surface area contributed by atoms with Crippen LogP contribution in [-0.4, -0.2) is 52.2 Å². The Bertz CT molecular complexity index is 508. The molecule has 4 N–H and O–H groups in total. The first-order valence-electron chi connectivity index (χ1n) is 6.39. The summed E-state index contributed by atoms with van der Waals surface area (Å²) in [6, 6.07) is 0. The lowest BCUT2D eigenvalue weighted by Crippen LogP contribution is -2.31. The Labute approximate surface area is 127 Å². The molecule has 1 rings (SSSR count). The van der Waals surface area contributed by atoms with Crippen molar-refractivity contribution in [2.75, 3.05) is 51.2 Å². The van der Waals surface area contributed by atoms with Gasteiger partial charge >= 0.3 is 0 Å². The second-order valence-corrected chi connectivity index (χ2v) is 5.42. The molecule has 0 aliphatic carbocycles. The number of Topliss-reactive ketones (excluding diaryl/α,β-unsaturated/α-hetero) is 1. The van der Waals surface area contributed by atoms with Crippen LogP contribution in [-0.2, 0) is 9.47 Å². The van der Waals surface area contributed by atoms with Crippen LogP contribution < -0.4 is 16.4 Å². The molecule has 0 saturated heterocycles. The minimum absolute atomic E-state index is 0.148. The molecule has 0 unspecified atom stereocenters. The fourth-order valence-electron chi connectivity index (χ4n) is 1.87. The SMILES string of the molecule is COCCN(CCOC)c1sc(C(C)=O)c(N)c1C(N)=O. The van der Waals surface area contributed by atoms with Crippen molar-refractivity contribution in [3.63, 3.8) is 0 Å². The molecule has 1 aromatic heterocycles. The minimum Gasteiger partial charge on any atom is -0.397 e. The van der Waals surface area contributed by atoms with Crippen LogP contribution in [0.4, 0.5) is 10.7 Å². The van der Waals surface area contributed by atoms with Gasteiger partial charge in [-0.05, 0) is 0 Å².